The lowest BCUT2D eigenvalue weighted by Crippen LogP contribution is -2.26. The van der Waals surface area contributed by atoms with Crippen molar-refractivity contribution in [2.24, 2.45) is 0 Å². The number of benzene rings is 1. The van der Waals surface area contributed by atoms with Crippen molar-refractivity contribution < 1.29 is 12.8 Å². The highest BCUT2D eigenvalue weighted by Gasteiger charge is 2.12. The van der Waals surface area contributed by atoms with Gasteiger partial charge < -0.3 is 0 Å². The summed E-state index contributed by atoms with van der Waals surface area (Å²) in [5.41, 5.74) is 1.37. The third-order valence-electron chi connectivity index (χ3n) is 3.00. The maximum atomic E-state index is 13.0. The van der Waals surface area contributed by atoms with E-state index < -0.39 is 15.8 Å². The minimum atomic E-state index is -3.47. The van der Waals surface area contributed by atoms with E-state index in [1.54, 1.807) is 6.20 Å². The predicted molar refractivity (Wildman–Crippen MR) is 84.6 cm³/mol. The Kier molecular flexibility index (Phi) is 5.88. The van der Waals surface area contributed by atoms with Crippen LogP contribution in [0.2, 0.25) is 5.02 Å². The Hall–Kier alpha value is -1.50. The lowest BCUT2D eigenvalue weighted by Gasteiger charge is -2.07. The van der Waals surface area contributed by atoms with E-state index in [0.29, 0.717) is 24.9 Å². The quantitative estimate of drug-likeness (QED) is 0.787. The van der Waals surface area contributed by atoms with Crippen molar-refractivity contribution in [2.75, 3.05) is 6.54 Å². The Morgan fingerprint density at radius 3 is 2.73 bits per heavy atom. The van der Waals surface area contributed by atoms with E-state index in [2.05, 4.69) is 9.71 Å². The molecule has 0 bridgehead atoms. The highest BCUT2D eigenvalue weighted by molar-refractivity contribution is 7.88. The molecule has 0 amide bonds. The van der Waals surface area contributed by atoms with Crippen LogP contribution in [0.5, 0.6) is 0 Å². The standard InChI is InChI=1S/C15H16ClFN2O2S/c16-14-10-12(6-7-15(14)17)11-22(20,21)19-9-3-5-13-4-1-2-8-18-13/h1-2,4,6-8,10,19H,3,5,9,11H2. The summed E-state index contributed by atoms with van der Waals surface area (Å²) in [5, 5.41) is -0.0807. The number of aryl methyl sites for hydroxylation is 1. The van der Waals surface area contributed by atoms with E-state index in [9.17, 15) is 12.8 Å². The number of nitrogens with one attached hydrogen (secondary N) is 1. The minimum absolute atomic E-state index is 0.0807. The lowest BCUT2D eigenvalue weighted by molar-refractivity contribution is 0.577. The summed E-state index contributed by atoms with van der Waals surface area (Å²) in [4.78, 5) is 4.17. The fourth-order valence-electron chi connectivity index (χ4n) is 1.94. The average Bonchev–Trinajstić information content (AvgIpc) is 2.48. The van der Waals surface area contributed by atoms with Crippen LogP contribution < -0.4 is 4.72 Å². The van der Waals surface area contributed by atoms with Gasteiger partial charge in [-0.25, -0.2) is 17.5 Å². The van der Waals surface area contributed by atoms with Crippen LogP contribution in [0, 0.1) is 5.82 Å². The van der Waals surface area contributed by atoms with Gasteiger partial charge in [0.2, 0.25) is 10.0 Å². The summed E-state index contributed by atoms with van der Waals surface area (Å²) >= 11 is 5.64. The zero-order chi connectivity index (χ0) is 16.0. The van der Waals surface area contributed by atoms with Crippen LogP contribution in [0.3, 0.4) is 0 Å². The molecule has 2 rings (SSSR count). The van der Waals surface area contributed by atoms with E-state index >= 15 is 0 Å². The zero-order valence-electron chi connectivity index (χ0n) is 11.8. The van der Waals surface area contributed by atoms with Gasteiger partial charge in [-0.05, 0) is 42.7 Å². The maximum absolute atomic E-state index is 13.0. The number of aromatic nitrogens is 1. The first-order valence-electron chi connectivity index (χ1n) is 6.77. The zero-order valence-corrected chi connectivity index (χ0v) is 13.4. The van der Waals surface area contributed by atoms with Gasteiger partial charge in [0.25, 0.3) is 0 Å². The van der Waals surface area contributed by atoms with Crippen LogP contribution in [0.4, 0.5) is 4.39 Å². The van der Waals surface area contributed by atoms with Crippen molar-refractivity contribution in [1.29, 1.82) is 0 Å². The lowest BCUT2D eigenvalue weighted by atomic mass is 10.2. The van der Waals surface area contributed by atoms with Gasteiger partial charge in [-0.15, -0.1) is 0 Å². The van der Waals surface area contributed by atoms with Crippen LogP contribution in [-0.2, 0) is 22.2 Å². The SMILES string of the molecule is O=S(=O)(Cc1ccc(F)c(Cl)c1)NCCCc1ccccn1. The molecule has 22 heavy (non-hydrogen) atoms. The van der Waals surface area contributed by atoms with Gasteiger partial charge in [0.1, 0.15) is 5.82 Å². The van der Waals surface area contributed by atoms with Crippen LogP contribution in [-0.4, -0.2) is 19.9 Å². The summed E-state index contributed by atoms with van der Waals surface area (Å²) in [6, 6.07) is 9.52. The second-order valence-electron chi connectivity index (χ2n) is 4.83. The molecule has 0 aliphatic heterocycles. The Morgan fingerprint density at radius 2 is 2.05 bits per heavy atom. The topological polar surface area (TPSA) is 59.1 Å². The molecule has 0 fully saturated rings. The van der Waals surface area contributed by atoms with E-state index in [-0.39, 0.29) is 10.8 Å². The van der Waals surface area contributed by atoms with Gasteiger partial charge in [0.15, 0.2) is 0 Å². The maximum Gasteiger partial charge on any atom is 0.215 e. The molecule has 0 spiro atoms. The third kappa shape index (κ3) is 5.36. The number of rotatable bonds is 7. The fourth-order valence-corrected chi connectivity index (χ4v) is 3.32. The average molecular weight is 343 g/mol. The van der Waals surface area contributed by atoms with E-state index in [0.717, 1.165) is 11.8 Å². The number of nitrogens with zero attached hydrogens (tertiary/aromatic N) is 1. The molecule has 4 nitrogen and oxygen atoms in total. The van der Waals surface area contributed by atoms with Crippen LogP contribution >= 0.6 is 11.6 Å². The predicted octanol–water partition coefficient (Wildman–Crippen LogP) is 2.93. The third-order valence-corrected chi connectivity index (χ3v) is 4.65. The van der Waals surface area contributed by atoms with Crippen molar-refractivity contribution in [1.82, 2.24) is 9.71 Å². The van der Waals surface area contributed by atoms with Gasteiger partial charge in [0, 0.05) is 18.4 Å². The number of pyridine rings is 1. The second kappa shape index (κ2) is 7.67. The first-order chi connectivity index (χ1) is 10.5. The first-order valence-corrected chi connectivity index (χ1v) is 8.80. The van der Waals surface area contributed by atoms with Crippen molar-refractivity contribution in [3.05, 3.63) is 64.7 Å². The summed E-state index contributed by atoms with van der Waals surface area (Å²) < 4.78 is 39.4. The molecule has 0 aliphatic rings. The van der Waals surface area contributed by atoms with Crippen LogP contribution in [0.25, 0.3) is 0 Å². The molecule has 0 radical (unpaired) electrons. The van der Waals surface area contributed by atoms with Gasteiger partial charge in [0.05, 0.1) is 10.8 Å². The molecule has 1 N–H and O–H groups in total. The van der Waals surface area contributed by atoms with Crippen LogP contribution in [0.1, 0.15) is 17.7 Å². The molecule has 0 unspecified atom stereocenters. The molecule has 0 aliphatic carbocycles. The molecule has 0 saturated carbocycles. The number of sulfonamides is 1. The monoisotopic (exact) mass is 342 g/mol. The fraction of sp³-hybridized carbons (Fsp3) is 0.267. The molecular formula is C15H16ClFN2O2S. The summed E-state index contributed by atoms with van der Waals surface area (Å²) in [6.45, 7) is 0.327. The molecule has 2 aromatic rings. The van der Waals surface area contributed by atoms with Gasteiger partial charge in [-0.3, -0.25) is 4.98 Å². The molecule has 0 atom stereocenters. The molecule has 0 saturated heterocycles. The highest BCUT2D eigenvalue weighted by atomic mass is 35.5. The number of halogens is 2. The molecule has 7 heteroatoms. The normalized spacial score (nSPS) is 11.5. The van der Waals surface area contributed by atoms with E-state index in [4.69, 9.17) is 11.6 Å². The molecule has 1 aromatic carbocycles. The summed E-state index contributed by atoms with van der Waals surface area (Å²) in [5.74, 6) is -0.789. The Labute approximate surface area is 134 Å². The Morgan fingerprint density at radius 1 is 1.23 bits per heavy atom. The molecule has 1 aromatic heterocycles. The van der Waals surface area contributed by atoms with Gasteiger partial charge in [-0.1, -0.05) is 23.7 Å². The van der Waals surface area contributed by atoms with Crippen molar-refractivity contribution in [3.63, 3.8) is 0 Å². The number of hydrogen-bond donors (Lipinski definition) is 1. The van der Waals surface area contributed by atoms with E-state index in [1.807, 2.05) is 18.2 Å². The van der Waals surface area contributed by atoms with Gasteiger partial charge in [-0.2, -0.15) is 0 Å². The van der Waals surface area contributed by atoms with E-state index in [1.165, 1.54) is 12.1 Å². The number of hydrogen-bond acceptors (Lipinski definition) is 3. The molecule has 118 valence electrons. The Bertz CT molecular complexity index is 724. The van der Waals surface area contributed by atoms with Crippen molar-refractivity contribution in [2.45, 2.75) is 18.6 Å². The van der Waals surface area contributed by atoms with Crippen LogP contribution in [0.15, 0.2) is 42.6 Å². The van der Waals surface area contributed by atoms with Gasteiger partial charge >= 0.3 is 0 Å². The second-order valence-corrected chi connectivity index (χ2v) is 7.04. The smallest absolute Gasteiger partial charge is 0.215 e. The van der Waals surface area contributed by atoms with Crippen molar-refractivity contribution >= 4 is 21.6 Å². The molecule has 1 heterocycles. The minimum Gasteiger partial charge on any atom is -0.261 e. The largest absolute Gasteiger partial charge is 0.261 e. The summed E-state index contributed by atoms with van der Waals surface area (Å²) in [7, 11) is -3.47. The molecular weight excluding hydrogens is 327 g/mol. The Balaban J connectivity index is 1.82. The first kappa shape index (κ1) is 16.9. The summed E-state index contributed by atoms with van der Waals surface area (Å²) in [6.07, 6.45) is 3.06. The highest BCUT2D eigenvalue weighted by Crippen LogP contribution is 2.17. The van der Waals surface area contributed by atoms with Crippen molar-refractivity contribution in [3.8, 4) is 0 Å².